The molecule has 0 unspecified atom stereocenters. The number of hydrogen-bond donors (Lipinski definition) is 2. The highest BCUT2D eigenvalue weighted by Gasteiger charge is 2.12. The van der Waals surface area contributed by atoms with Gasteiger partial charge in [0.1, 0.15) is 0 Å². The fourth-order valence-electron chi connectivity index (χ4n) is 3.52. The predicted octanol–water partition coefficient (Wildman–Crippen LogP) is 3.57. The largest absolute Gasteiger partial charge is 0.378 e. The van der Waals surface area contributed by atoms with Crippen LogP contribution in [0.5, 0.6) is 0 Å². The number of ether oxygens (including phenoxy) is 1. The number of unbranched alkanes of at least 4 members (excludes halogenated alkanes) is 1. The second-order valence-electron chi connectivity index (χ2n) is 7.94. The lowest BCUT2D eigenvalue weighted by atomic mass is 10.1. The summed E-state index contributed by atoms with van der Waals surface area (Å²) in [5, 5.41) is 6.67. The molecule has 2 N–H and O–H groups in total. The maximum Gasteiger partial charge on any atom is 0.253 e. The molecule has 1 aromatic carbocycles. The summed E-state index contributed by atoms with van der Waals surface area (Å²) in [6.45, 7) is 2.40. The Balaban J connectivity index is 1.59. The average Bonchev–Trinajstić information content (AvgIpc) is 3.01. The Hall–Kier alpha value is -2.08. The van der Waals surface area contributed by atoms with E-state index in [1.807, 2.05) is 24.3 Å². The van der Waals surface area contributed by atoms with Crippen molar-refractivity contribution in [2.45, 2.75) is 64.0 Å². The zero-order chi connectivity index (χ0) is 20.9. The molecular weight excluding hydrogens is 364 g/mol. The van der Waals surface area contributed by atoms with Crippen LogP contribution in [-0.4, -0.2) is 57.2 Å². The molecule has 0 saturated heterocycles. The Morgan fingerprint density at radius 1 is 1.07 bits per heavy atom. The normalized spacial score (nSPS) is 15.6. The molecule has 0 aromatic heterocycles. The molecule has 6 nitrogen and oxygen atoms in total. The van der Waals surface area contributed by atoms with Crippen LogP contribution in [0.1, 0.15) is 67.3 Å². The summed E-state index contributed by atoms with van der Waals surface area (Å²) < 4.78 is 6.04. The summed E-state index contributed by atoms with van der Waals surface area (Å²) in [5.41, 5.74) is 1.81. The Kier molecular flexibility index (Phi) is 10.6. The van der Waals surface area contributed by atoms with E-state index in [1.165, 1.54) is 38.5 Å². The lowest BCUT2D eigenvalue weighted by molar-refractivity contribution is 0.0411. The Morgan fingerprint density at radius 2 is 1.76 bits per heavy atom. The molecule has 2 rings (SSSR count). The van der Waals surface area contributed by atoms with Crippen LogP contribution in [-0.2, 0) is 11.3 Å². The zero-order valence-electron chi connectivity index (χ0n) is 18.4. The maximum absolute atomic E-state index is 11.9. The number of amides is 1. The summed E-state index contributed by atoms with van der Waals surface area (Å²) in [6, 6.07) is 7.68. The lowest BCUT2D eigenvalue weighted by Gasteiger charge is -2.16. The standard InChI is InChI=1S/C23H38N4O2/c1-24-23(25-16-8-9-17-29-21-10-6-4-5-7-11-21)26-18-19-12-14-20(15-13-19)22(28)27(2)3/h12-15,21H,4-11,16-18H2,1-3H3,(H2,24,25,26). The van der Waals surface area contributed by atoms with Gasteiger partial charge in [0, 0.05) is 46.4 Å². The number of rotatable bonds is 9. The van der Waals surface area contributed by atoms with Gasteiger partial charge in [0.2, 0.25) is 0 Å². The van der Waals surface area contributed by atoms with Gasteiger partial charge in [-0.1, -0.05) is 37.8 Å². The SMILES string of the molecule is CN=C(NCCCCOC1CCCCCC1)NCc1ccc(C(=O)N(C)C)cc1. The van der Waals surface area contributed by atoms with Crippen LogP contribution in [0.4, 0.5) is 0 Å². The molecule has 6 heteroatoms. The monoisotopic (exact) mass is 402 g/mol. The fourth-order valence-corrected chi connectivity index (χ4v) is 3.52. The third-order valence-corrected chi connectivity index (χ3v) is 5.31. The van der Waals surface area contributed by atoms with Crippen molar-refractivity contribution in [1.29, 1.82) is 0 Å². The van der Waals surface area contributed by atoms with Gasteiger partial charge in [-0.25, -0.2) is 0 Å². The molecule has 1 saturated carbocycles. The molecular formula is C23H38N4O2. The van der Waals surface area contributed by atoms with Crippen LogP contribution in [0.15, 0.2) is 29.3 Å². The summed E-state index contributed by atoms with van der Waals surface area (Å²) in [4.78, 5) is 17.8. The molecule has 0 bridgehead atoms. The van der Waals surface area contributed by atoms with Crippen molar-refractivity contribution in [2.75, 3.05) is 34.3 Å². The van der Waals surface area contributed by atoms with E-state index in [0.717, 1.165) is 37.5 Å². The third kappa shape index (κ3) is 8.86. The van der Waals surface area contributed by atoms with E-state index in [9.17, 15) is 4.79 Å². The van der Waals surface area contributed by atoms with Gasteiger partial charge in [-0.05, 0) is 43.4 Å². The molecule has 1 fully saturated rings. The summed E-state index contributed by atoms with van der Waals surface area (Å²) in [5.74, 6) is 0.813. The number of aliphatic imine (C=N–C) groups is 1. The maximum atomic E-state index is 11.9. The Morgan fingerprint density at radius 3 is 2.38 bits per heavy atom. The first-order chi connectivity index (χ1) is 14.1. The van der Waals surface area contributed by atoms with Crippen LogP contribution in [0, 0.1) is 0 Å². The summed E-state index contributed by atoms with van der Waals surface area (Å²) in [7, 11) is 5.30. The molecule has 29 heavy (non-hydrogen) atoms. The van der Waals surface area contributed by atoms with Crippen LogP contribution in [0.3, 0.4) is 0 Å². The van der Waals surface area contributed by atoms with E-state index in [1.54, 1.807) is 26.0 Å². The van der Waals surface area contributed by atoms with Crippen LogP contribution < -0.4 is 10.6 Å². The molecule has 1 aromatic rings. The first-order valence-electron chi connectivity index (χ1n) is 11.0. The summed E-state index contributed by atoms with van der Waals surface area (Å²) >= 11 is 0. The fraction of sp³-hybridized carbons (Fsp3) is 0.652. The van der Waals surface area contributed by atoms with Crippen molar-refractivity contribution in [3.8, 4) is 0 Å². The van der Waals surface area contributed by atoms with Gasteiger partial charge in [-0.2, -0.15) is 0 Å². The van der Waals surface area contributed by atoms with E-state index in [2.05, 4.69) is 15.6 Å². The number of carbonyl (C=O) groups excluding carboxylic acids is 1. The molecule has 0 spiro atoms. The van der Waals surface area contributed by atoms with Crippen molar-refractivity contribution in [2.24, 2.45) is 4.99 Å². The number of nitrogens with one attached hydrogen (secondary N) is 2. The number of nitrogens with zero attached hydrogens (tertiary/aromatic N) is 2. The minimum Gasteiger partial charge on any atom is -0.378 e. The Bertz CT molecular complexity index is 620. The Labute approximate surface area is 176 Å². The molecule has 0 atom stereocenters. The predicted molar refractivity (Wildman–Crippen MR) is 119 cm³/mol. The molecule has 0 radical (unpaired) electrons. The second kappa shape index (κ2) is 13.2. The lowest BCUT2D eigenvalue weighted by Crippen LogP contribution is -2.37. The van der Waals surface area contributed by atoms with Crippen molar-refractivity contribution in [1.82, 2.24) is 15.5 Å². The van der Waals surface area contributed by atoms with Gasteiger partial charge in [0.15, 0.2) is 5.96 Å². The van der Waals surface area contributed by atoms with Crippen LogP contribution in [0.2, 0.25) is 0 Å². The van der Waals surface area contributed by atoms with E-state index in [0.29, 0.717) is 18.2 Å². The quantitative estimate of drug-likeness (QED) is 0.287. The highest BCUT2D eigenvalue weighted by atomic mass is 16.5. The first kappa shape index (κ1) is 23.2. The number of hydrogen-bond acceptors (Lipinski definition) is 3. The van der Waals surface area contributed by atoms with Gasteiger partial charge in [0.05, 0.1) is 6.10 Å². The van der Waals surface area contributed by atoms with Gasteiger partial charge >= 0.3 is 0 Å². The topological polar surface area (TPSA) is 66.0 Å². The van der Waals surface area contributed by atoms with Crippen molar-refractivity contribution in [3.63, 3.8) is 0 Å². The van der Waals surface area contributed by atoms with Gasteiger partial charge in [-0.3, -0.25) is 9.79 Å². The highest BCUT2D eigenvalue weighted by molar-refractivity contribution is 5.93. The van der Waals surface area contributed by atoms with Crippen molar-refractivity contribution < 1.29 is 9.53 Å². The average molecular weight is 403 g/mol. The molecule has 1 aliphatic rings. The number of carbonyl (C=O) groups is 1. The highest BCUT2D eigenvalue weighted by Crippen LogP contribution is 2.19. The smallest absolute Gasteiger partial charge is 0.253 e. The van der Waals surface area contributed by atoms with E-state index in [4.69, 9.17) is 4.74 Å². The first-order valence-corrected chi connectivity index (χ1v) is 11.0. The van der Waals surface area contributed by atoms with E-state index in [-0.39, 0.29) is 5.91 Å². The van der Waals surface area contributed by atoms with Crippen molar-refractivity contribution in [3.05, 3.63) is 35.4 Å². The van der Waals surface area contributed by atoms with Gasteiger partial charge < -0.3 is 20.3 Å². The molecule has 0 aliphatic heterocycles. The minimum absolute atomic E-state index is 0.0185. The number of guanidine groups is 1. The van der Waals surface area contributed by atoms with Gasteiger partial charge in [-0.15, -0.1) is 0 Å². The van der Waals surface area contributed by atoms with E-state index < -0.39 is 0 Å². The molecule has 162 valence electrons. The van der Waals surface area contributed by atoms with Crippen LogP contribution in [0.25, 0.3) is 0 Å². The van der Waals surface area contributed by atoms with Gasteiger partial charge in [0.25, 0.3) is 5.91 Å². The van der Waals surface area contributed by atoms with E-state index >= 15 is 0 Å². The zero-order valence-corrected chi connectivity index (χ0v) is 18.4. The summed E-state index contributed by atoms with van der Waals surface area (Å²) in [6.07, 6.45) is 10.5. The van der Waals surface area contributed by atoms with Crippen molar-refractivity contribution >= 4 is 11.9 Å². The number of benzene rings is 1. The third-order valence-electron chi connectivity index (χ3n) is 5.31. The second-order valence-corrected chi connectivity index (χ2v) is 7.94. The van der Waals surface area contributed by atoms with Crippen LogP contribution >= 0.6 is 0 Å². The minimum atomic E-state index is 0.0185. The molecule has 1 aliphatic carbocycles. The molecule has 0 heterocycles. The molecule has 1 amide bonds.